The molecule has 2 heteroatoms. The molecule has 23 heavy (non-hydrogen) atoms. The molecule has 1 unspecified atom stereocenters. The lowest BCUT2D eigenvalue weighted by atomic mass is 9.67. The van der Waals surface area contributed by atoms with Crippen LogP contribution in [0.1, 0.15) is 84.1 Å². The molecule has 1 aromatic carbocycles. The highest BCUT2D eigenvalue weighted by atomic mass is 16.5. The minimum Gasteiger partial charge on any atom is -0.493 e. The molecule has 1 aliphatic rings. The Labute approximate surface area is 141 Å². The molecule has 0 spiro atoms. The molecule has 0 saturated carbocycles. The standard InChI is InChI=1S/C21H32O2/c1-8-18(22)15-12-14-16(20(3,4)5)10-11-21(6,7)17(14)13-19(15)23-9-2/h10,12-13,18,22H,8-9,11H2,1-7H3. The monoisotopic (exact) mass is 316 g/mol. The van der Waals surface area contributed by atoms with E-state index >= 15 is 0 Å². The first-order chi connectivity index (χ1) is 10.6. The normalized spacial score (nSPS) is 18.2. The second kappa shape index (κ2) is 6.32. The first-order valence-electron chi connectivity index (χ1n) is 8.82. The van der Waals surface area contributed by atoms with Gasteiger partial charge in [-0.3, -0.25) is 0 Å². The van der Waals surface area contributed by atoms with Crippen molar-refractivity contribution in [1.29, 1.82) is 0 Å². The third kappa shape index (κ3) is 3.47. The second-order valence-electron chi connectivity index (χ2n) is 8.25. The summed E-state index contributed by atoms with van der Waals surface area (Å²) in [7, 11) is 0. The number of allylic oxidation sites excluding steroid dienone is 2. The molecule has 128 valence electrons. The van der Waals surface area contributed by atoms with Gasteiger partial charge in [0.05, 0.1) is 12.7 Å². The van der Waals surface area contributed by atoms with E-state index in [4.69, 9.17) is 4.74 Å². The van der Waals surface area contributed by atoms with Crippen molar-refractivity contribution in [2.45, 2.75) is 72.8 Å². The highest BCUT2D eigenvalue weighted by Crippen LogP contribution is 2.48. The maximum absolute atomic E-state index is 10.5. The van der Waals surface area contributed by atoms with Crippen LogP contribution in [-0.4, -0.2) is 11.7 Å². The lowest BCUT2D eigenvalue weighted by Gasteiger charge is -2.37. The lowest BCUT2D eigenvalue weighted by Crippen LogP contribution is -2.25. The van der Waals surface area contributed by atoms with Gasteiger partial charge >= 0.3 is 0 Å². The predicted molar refractivity (Wildman–Crippen MR) is 97.9 cm³/mol. The SMILES string of the molecule is CCOc1cc2c(cc1C(O)CC)C(C(C)(C)C)=CCC2(C)C. The number of aliphatic hydroxyl groups is 1. The molecule has 0 bridgehead atoms. The molecule has 0 aromatic heterocycles. The second-order valence-corrected chi connectivity index (χ2v) is 8.25. The lowest BCUT2D eigenvalue weighted by molar-refractivity contribution is 0.167. The Morgan fingerprint density at radius 3 is 2.39 bits per heavy atom. The number of hydrogen-bond acceptors (Lipinski definition) is 2. The van der Waals surface area contributed by atoms with Gasteiger partial charge in [-0.1, -0.05) is 47.6 Å². The molecule has 0 fully saturated rings. The van der Waals surface area contributed by atoms with Crippen molar-refractivity contribution in [3.8, 4) is 5.75 Å². The Balaban J connectivity index is 2.71. The molecule has 1 aromatic rings. The van der Waals surface area contributed by atoms with Gasteiger partial charge in [0.2, 0.25) is 0 Å². The highest BCUT2D eigenvalue weighted by molar-refractivity contribution is 5.76. The van der Waals surface area contributed by atoms with Gasteiger partial charge in [-0.15, -0.1) is 0 Å². The summed E-state index contributed by atoms with van der Waals surface area (Å²) in [4.78, 5) is 0. The van der Waals surface area contributed by atoms with Crippen LogP contribution in [0.5, 0.6) is 5.75 Å². The first-order valence-corrected chi connectivity index (χ1v) is 8.82. The number of benzene rings is 1. The Bertz CT molecular complexity index is 603. The van der Waals surface area contributed by atoms with Crippen molar-refractivity contribution in [3.05, 3.63) is 34.9 Å². The molecule has 0 heterocycles. The van der Waals surface area contributed by atoms with Crippen molar-refractivity contribution in [2.75, 3.05) is 6.61 Å². The van der Waals surface area contributed by atoms with E-state index in [1.807, 2.05) is 13.8 Å². The van der Waals surface area contributed by atoms with Gasteiger partial charge in [0, 0.05) is 5.56 Å². The fourth-order valence-electron chi connectivity index (χ4n) is 3.43. The van der Waals surface area contributed by atoms with Gasteiger partial charge in [-0.05, 0) is 59.4 Å². The van der Waals surface area contributed by atoms with Gasteiger partial charge in [0.1, 0.15) is 5.75 Å². The molecule has 0 amide bonds. The van der Waals surface area contributed by atoms with Crippen LogP contribution in [-0.2, 0) is 5.41 Å². The van der Waals surface area contributed by atoms with Crippen LogP contribution in [0, 0.1) is 5.41 Å². The number of hydrogen-bond donors (Lipinski definition) is 1. The Kier molecular flexibility index (Phi) is 4.96. The summed E-state index contributed by atoms with van der Waals surface area (Å²) in [6.45, 7) is 16.0. The van der Waals surface area contributed by atoms with Gasteiger partial charge in [-0.2, -0.15) is 0 Å². The predicted octanol–water partition coefficient (Wildman–Crippen LogP) is 5.64. The third-order valence-electron chi connectivity index (χ3n) is 4.84. The first kappa shape index (κ1) is 18.1. The molecule has 2 nitrogen and oxygen atoms in total. The molecule has 0 aliphatic heterocycles. The van der Waals surface area contributed by atoms with Crippen molar-refractivity contribution in [1.82, 2.24) is 0 Å². The van der Waals surface area contributed by atoms with E-state index in [-0.39, 0.29) is 10.8 Å². The maximum Gasteiger partial charge on any atom is 0.125 e. The van der Waals surface area contributed by atoms with Crippen LogP contribution < -0.4 is 4.74 Å². The summed E-state index contributed by atoms with van der Waals surface area (Å²) < 4.78 is 5.86. The molecular weight excluding hydrogens is 284 g/mol. The number of aliphatic hydroxyl groups excluding tert-OH is 1. The minimum absolute atomic E-state index is 0.0889. The minimum atomic E-state index is -0.479. The van der Waals surface area contributed by atoms with Crippen molar-refractivity contribution < 1.29 is 9.84 Å². The van der Waals surface area contributed by atoms with Crippen LogP contribution in [0.3, 0.4) is 0 Å². The van der Waals surface area contributed by atoms with Crippen molar-refractivity contribution in [3.63, 3.8) is 0 Å². The van der Waals surface area contributed by atoms with E-state index in [2.05, 4.69) is 52.8 Å². The zero-order valence-electron chi connectivity index (χ0n) is 15.8. The quantitative estimate of drug-likeness (QED) is 0.779. The number of rotatable bonds is 4. The average Bonchev–Trinajstić information content (AvgIpc) is 2.45. The summed E-state index contributed by atoms with van der Waals surface area (Å²) in [5, 5.41) is 10.5. The molecule has 1 aliphatic carbocycles. The van der Waals surface area contributed by atoms with Crippen LogP contribution in [0.25, 0.3) is 5.57 Å². The van der Waals surface area contributed by atoms with Crippen LogP contribution in [0.2, 0.25) is 0 Å². The van der Waals surface area contributed by atoms with E-state index in [1.54, 1.807) is 0 Å². The summed E-state index contributed by atoms with van der Waals surface area (Å²) in [5.41, 5.74) is 5.08. The topological polar surface area (TPSA) is 29.5 Å². The maximum atomic E-state index is 10.5. The summed E-state index contributed by atoms with van der Waals surface area (Å²) in [5.74, 6) is 0.837. The highest BCUT2D eigenvalue weighted by Gasteiger charge is 2.34. The zero-order valence-corrected chi connectivity index (χ0v) is 15.8. The van der Waals surface area contributed by atoms with Crippen molar-refractivity contribution >= 4 is 5.57 Å². The molecular formula is C21H32O2. The van der Waals surface area contributed by atoms with Crippen LogP contribution >= 0.6 is 0 Å². The molecule has 1 N–H and O–H groups in total. The fraction of sp³-hybridized carbons (Fsp3) is 0.619. The summed E-state index contributed by atoms with van der Waals surface area (Å²) >= 11 is 0. The number of fused-ring (bicyclic) bond motifs is 1. The zero-order chi connectivity index (χ0) is 17.4. The summed E-state index contributed by atoms with van der Waals surface area (Å²) in [6.07, 6.45) is 3.63. The fourth-order valence-corrected chi connectivity index (χ4v) is 3.43. The van der Waals surface area contributed by atoms with Gasteiger partial charge in [0.25, 0.3) is 0 Å². The van der Waals surface area contributed by atoms with Gasteiger partial charge < -0.3 is 9.84 Å². The van der Waals surface area contributed by atoms with E-state index in [0.29, 0.717) is 13.0 Å². The molecule has 2 rings (SSSR count). The van der Waals surface area contributed by atoms with E-state index in [9.17, 15) is 5.11 Å². The Hall–Kier alpha value is -1.28. The summed E-state index contributed by atoms with van der Waals surface area (Å²) in [6, 6.07) is 4.35. The van der Waals surface area contributed by atoms with E-state index in [0.717, 1.165) is 17.7 Å². The Morgan fingerprint density at radius 2 is 1.87 bits per heavy atom. The third-order valence-corrected chi connectivity index (χ3v) is 4.84. The van der Waals surface area contributed by atoms with Crippen LogP contribution in [0.4, 0.5) is 0 Å². The smallest absolute Gasteiger partial charge is 0.125 e. The molecule has 0 radical (unpaired) electrons. The van der Waals surface area contributed by atoms with Crippen molar-refractivity contribution in [2.24, 2.45) is 5.41 Å². The average molecular weight is 316 g/mol. The van der Waals surface area contributed by atoms with Gasteiger partial charge in [0.15, 0.2) is 0 Å². The molecule has 1 atom stereocenters. The van der Waals surface area contributed by atoms with Gasteiger partial charge in [-0.25, -0.2) is 0 Å². The largest absolute Gasteiger partial charge is 0.493 e. The molecule has 0 saturated heterocycles. The Morgan fingerprint density at radius 1 is 1.22 bits per heavy atom. The van der Waals surface area contributed by atoms with E-state index < -0.39 is 6.10 Å². The van der Waals surface area contributed by atoms with E-state index in [1.165, 1.54) is 16.7 Å². The van der Waals surface area contributed by atoms with Crippen LogP contribution in [0.15, 0.2) is 18.2 Å². The number of ether oxygens (including phenoxy) is 1.